The minimum atomic E-state index is -0.153. The van der Waals surface area contributed by atoms with Gasteiger partial charge in [-0.05, 0) is 42.3 Å². The van der Waals surface area contributed by atoms with Crippen LogP contribution in [0.2, 0.25) is 0 Å². The Kier molecular flexibility index (Phi) is 5.21. The number of carbonyl (C=O) groups excluding carboxylic acids is 2. The molecular weight excluding hydrogens is 370 g/mol. The lowest BCUT2D eigenvalue weighted by molar-refractivity contribution is 0.0952. The first-order valence-corrected chi connectivity index (χ1v) is 10.00. The number of anilines is 1. The number of nitrogens with zero attached hydrogens (tertiary/aromatic N) is 1. The minimum Gasteiger partial charge on any atom is -0.376 e. The van der Waals surface area contributed by atoms with Crippen molar-refractivity contribution in [1.29, 1.82) is 0 Å². The lowest BCUT2D eigenvalue weighted by Crippen LogP contribution is -2.25. The van der Waals surface area contributed by atoms with Crippen LogP contribution < -0.4 is 10.6 Å². The molecule has 0 bridgehead atoms. The van der Waals surface area contributed by atoms with Crippen molar-refractivity contribution in [3.63, 3.8) is 0 Å². The highest BCUT2D eigenvalue weighted by atomic mass is 32.2. The molecule has 2 aromatic carbocycles. The second-order valence-electron chi connectivity index (χ2n) is 6.82. The maximum Gasteiger partial charge on any atom is 0.256 e. The standard InChI is InChI=1S/C22H21N3O2S/c1-25-12-4-5-15(14-25)10-11-23-21(26)16-8-9-20-18(13-16)24-22(27)17-6-2-3-7-19(17)28-20/h2-9,13-14H,10-12H2,1H3,(H,23,26)(H,24,27). The summed E-state index contributed by atoms with van der Waals surface area (Å²) in [6, 6.07) is 12.9. The summed E-state index contributed by atoms with van der Waals surface area (Å²) >= 11 is 1.53. The number of fused-ring (bicyclic) bond motifs is 2. The Morgan fingerprint density at radius 1 is 1.21 bits per heavy atom. The molecule has 2 aliphatic rings. The fraction of sp³-hybridized carbons (Fsp3) is 0.182. The van der Waals surface area contributed by atoms with Crippen molar-refractivity contribution < 1.29 is 9.59 Å². The highest BCUT2D eigenvalue weighted by Crippen LogP contribution is 2.38. The molecule has 0 fully saturated rings. The first-order valence-electron chi connectivity index (χ1n) is 9.18. The van der Waals surface area contributed by atoms with Gasteiger partial charge in [-0.1, -0.05) is 36.0 Å². The van der Waals surface area contributed by atoms with Gasteiger partial charge in [-0.2, -0.15) is 0 Å². The average molecular weight is 391 g/mol. The van der Waals surface area contributed by atoms with Crippen LogP contribution in [0.25, 0.3) is 0 Å². The van der Waals surface area contributed by atoms with Gasteiger partial charge >= 0.3 is 0 Å². The average Bonchev–Trinajstić information content (AvgIpc) is 2.83. The van der Waals surface area contributed by atoms with Gasteiger partial charge < -0.3 is 15.5 Å². The number of carbonyl (C=O) groups is 2. The Balaban J connectivity index is 1.44. The van der Waals surface area contributed by atoms with E-state index >= 15 is 0 Å². The number of benzene rings is 2. The van der Waals surface area contributed by atoms with E-state index in [4.69, 9.17) is 0 Å². The van der Waals surface area contributed by atoms with E-state index in [0.717, 1.165) is 22.8 Å². The minimum absolute atomic E-state index is 0.141. The quantitative estimate of drug-likeness (QED) is 0.830. The molecular formula is C22H21N3O2S. The predicted octanol–water partition coefficient (Wildman–Crippen LogP) is 3.91. The summed E-state index contributed by atoms with van der Waals surface area (Å²) in [5.41, 5.74) is 3.04. The van der Waals surface area contributed by atoms with E-state index in [0.29, 0.717) is 23.4 Å². The molecule has 142 valence electrons. The van der Waals surface area contributed by atoms with Crippen molar-refractivity contribution in [3.05, 3.63) is 77.5 Å². The topological polar surface area (TPSA) is 61.4 Å². The van der Waals surface area contributed by atoms with Gasteiger partial charge in [0, 0.05) is 41.7 Å². The summed E-state index contributed by atoms with van der Waals surface area (Å²) in [4.78, 5) is 29.0. The molecule has 0 atom stereocenters. The van der Waals surface area contributed by atoms with Crippen molar-refractivity contribution in [2.24, 2.45) is 0 Å². The molecule has 0 unspecified atom stereocenters. The molecule has 0 saturated heterocycles. The molecule has 0 radical (unpaired) electrons. The van der Waals surface area contributed by atoms with Gasteiger partial charge in [0.25, 0.3) is 11.8 Å². The number of allylic oxidation sites excluding steroid dienone is 1. The summed E-state index contributed by atoms with van der Waals surface area (Å²) < 4.78 is 0. The first-order chi connectivity index (χ1) is 13.6. The van der Waals surface area contributed by atoms with E-state index in [2.05, 4.69) is 33.9 Å². The second kappa shape index (κ2) is 7.94. The molecule has 2 aromatic rings. The molecule has 5 nitrogen and oxygen atoms in total. The van der Waals surface area contributed by atoms with E-state index in [1.807, 2.05) is 37.4 Å². The fourth-order valence-electron chi connectivity index (χ4n) is 3.23. The van der Waals surface area contributed by atoms with Gasteiger partial charge in [-0.15, -0.1) is 0 Å². The molecule has 6 heteroatoms. The van der Waals surface area contributed by atoms with Crippen molar-refractivity contribution >= 4 is 29.3 Å². The molecule has 2 heterocycles. The van der Waals surface area contributed by atoms with Crippen molar-refractivity contribution in [2.45, 2.75) is 16.2 Å². The maximum absolute atomic E-state index is 12.5. The fourth-order valence-corrected chi connectivity index (χ4v) is 4.24. The number of hydrogen-bond donors (Lipinski definition) is 2. The Morgan fingerprint density at radius 2 is 2.07 bits per heavy atom. The Bertz CT molecular complexity index is 997. The van der Waals surface area contributed by atoms with E-state index in [1.165, 1.54) is 17.3 Å². The van der Waals surface area contributed by atoms with Crippen LogP contribution in [0.4, 0.5) is 5.69 Å². The third kappa shape index (κ3) is 3.97. The lowest BCUT2D eigenvalue weighted by Gasteiger charge is -2.18. The van der Waals surface area contributed by atoms with Gasteiger partial charge in [-0.3, -0.25) is 9.59 Å². The van der Waals surface area contributed by atoms with Crippen LogP contribution in [0.3, 0.4) is 0 Å². The number of hydrogen-bond acceptors (Lipinski definition) is 4. The van der Waals surface area contributed by atoms with Crippen LogP contribution in [0, 0.1) is 0 Å². The van der Waals surface area contributed by atoms with E-state index < -0.39 is 0 Å². The van der Waals surface area contributed by atoms with Crippen LogP contribution in [0.15, 0.2) is 76.2 Å². The molecule has 0 spiro atoms. The third-order valence-corrected chi connectivity index (χ3v) is 5.80. The molecule has 0 aliphatic carbocycles. The summed E-state index contributed by atoms with van der Waals surface area (Å²) in [7, 11) is 2.03. The summed E-state index contributed by atoms with van der Waals surface area (Å²) in [5, 5.41) is 5.88. The van der Waals surface area contributed by atoms with Crippen LogP contribution in [-0.4, -0.2) is 36.9 Å². The number of nitrogens with one attached hydrogen (secondary N) is 2. The zero-order valence-corrected chi connectivity index (χ0v) is 16.4. The predicted molar refractivity (Wildman–Crippen MR) is 112 cm³/mol. The zero-order chi connectivity index (χ0) is 19.5. The SMILES string of the molecule is CN1C=C(CCNC(=O)c2ccc3c(c2)NC(=O)c2ccccc2S3)C=CC1. The van der Waals surface area contributed by atoms with Gasteiger partial charge in [0.05, 0.1) is 11.3 Å². The Hall–Kier alpha value is -2.99. The normalized spacial score (nSPS) is 15.1. The van der Waals surface area contributed by atoms with Gasteiger partial charge in [-0.25, -0.2) is 0 Å². The van der Waals surface area contributed by atoms with E-state index in [9.17, 15) is 9.59 Å². The molecule has 28 heavy (non-hydrogen) atoms. The largest absolute Gasteiger partial charge is 0.376 e. The van der Waals surface area contributed by atoms with Gasteiger partial charge in [0.15, 0.2) is 0 Å². The lowest BCUT2D eigenvalue weighted by atomic mass is 10.1. The Morgan fingerprint density at radius 3 is 2.93 bits per heavy atom. The van der Waals surface area contributed by atoms with Crippen molar-refractivity contribution in [1.82, 2.24) is 10.2 Å². The van der Waals surface area contributed by atoms with Crippen LogP contribution in [0.5, 0.6) is 0 Å². The highest BCUT2D eigenvalue weighted by Gasteiger charge is 2.20. The zero-order valence-electron chi connectivity index (χ0n) is 15.6. The maximum atomic E-state index is 12.5. The molecule has 0 saturated carbocycles. The molecule has 4 rings (SSSR count). The summed E-state index contributed by atoms with van der Waals surface area (Å²) in [6.07, 6.45) is 7.08. The summed E-state index contributed by atoms with van der Waals surface area (Å²) in [6.45, 7) is 1.48. The van der Waals surface area contributed by atoms with E-state index in [1.54, 1.807) is 12.1 Å². The molecule has 2 aliphatic heterocycles. The van der Waals surface area contributed by atoms with Gasteiger partial charge in [0.2, 0.25) is 0 Å². The highest BCUT2D eigenvalue weighted by molar-refractivity contribution is 7.99. The number of rotatable bonds is 4. The van der Waals surface area contributed by atoms with Gasteiger partial charge in [0.1, 0.15) is 0 Å². The number of amides is 2. The first kappa shape index (κ1) is 18.4. The van der Waals surface area contributed by atoms with Crippen LogP contribution in [-0.2, 0) is 0 Å². The summed E-state index contributed by atoms with van der Waals surface area (Å²) in [5.74, 6) is -0.294. The Labute approximate surface area is 168 Å². The smallest absolute Gasteiger partial charge is 0.256 e. The molecule has 2 N–H and O–H groups in total. The molecule has 2 amide bonds. The monoisotopic (exact) mass is 391 g/mol. The third-order valence-electron chi connectivity index (χ3n) is 4.65. The van der Waals surface area contributed by atoms with Crippen LogP contribution >= 0.6 is 11.8 Å². The van der Waals surface area contributed by atoms with Crippen molar-refractivity contribution in [2.75, 3.05) is 25.5 Å². The van der Waals surface area contributed by atoms with E-state index in [-0.39, 0.29) is 11.8 Å². The molecule has 0 aromatic heterocycles. The van der Waals surface area contributed by atoms with Crippen molar-refractivity contribution in [3.8, 4) is 0 Å². The second-order valence-corrected chi connectivity index (χ2v) is 7.90. The number of likely N-dealkylation sites (N-methyl/N-ethyl adjacent to an activating group) is 1. The van der Waals surface area contributed by atoms with Crippen LogP contribution in [0.1, 0.15) is 27.1 Å².